The topological polar surface area (TPSA) is 12.0 Å². The van der Waals surface area contributed by atoms with E-state index in [0.29, 0.717) is 0 Å². The summed E-state index contributed by atoms with van der Waals surface area (Å²) >= 11 is 11.4. The summed E-state index contributed by atoms with van der Waals surface area (Å²) in [6, 6.07) is 8.20. The van der Waals surface area contributed by atoms with Crippen LogP contribution in [0.25, 0.3) is 0 Å². The van der Waals surface area contributed by atoms with Gasteiger partial charge in [0.05, 0.1) is 0 Å². The molecule has 4 heteroatoms. The summed E-state index contributed by atoms with van der Waals surface area (Å²) in [7, 11) is 0. The molecule has 0 amide bonds. The van der Waals surface area contributed by atoms with E-state index in [2.05, 4.69) is 40.3 Å². The molecule has 0 aliphatic carbocycles. The highest BCUT2D eigenvalue weighted by Crippen LogP contribution is 2.27. The molecular formula is C13H13BrClNS. The molecule has 0 saturated carbocycles. The molecule has 1 N–H and O–H groups in total. The fourth-order valence-electron chi connectivity index (χ4n) is 1.50. The molecule has 0 aliphatic rings. The second-order valence-electron chi connectivity index (χ2n) is 3.93. The van der Waals surface area contributed by atoms with E-state index in [-0.39, 0.29) is 0 Å². The second kappa shape index (κ2) is 5.42. The predicted octanol–water partition coefficient (Wildman–Crippen LogP) is 5.39. The first-order valence-electron chi connectivity index (χ1n) is 5.31. The normalized spacial score (nSPS) is 10.6. The zero-order valence-corrected chi connectivity index (χ0v) is 12.8. The first-order valence-corrected chi connectivity index (χ1v) is 7.30. The van der Waals surface area contributed by atoms with Crippen molar-refractivity contribution in [1.29, 1.82) is 0 Å². The van der Waals surface area contributed by atoms with Gasteiger partial charge >= 0.3 is 0 Å². The van der Waals surface area contributed by atoms with Crippen molar-refractivity contribution in [3.8, 4) is 0 Å². The Kier molecular flexibility index (Phi) is 4.13. The molecule has 2 aromatic rings. The molecule has 0 fully saturated rings. The van der Waals surface area contributed by atoms with E-state index in [1.165, 1.54) is 14.2 Å². The van der Waals surface area contributed by atoms with Gasteiger partial charge in [-0.3, -0.25) is 0 Å². The number of benzene rings is 1. The third kappa shape index (κ3) is 3.24. The van der Waals surface area contributed by atoms with Crippen LogP contribution < -0.4 is 5.32 Å². The molecule has 1 nitrogen and oxygen atoms in total. The lowest BCUT2D eigenvalue weighted by molar-refractivity contribution is 1.19. The van der Waals surface area contributed by atoms with E-state index >= 15 is 0 Å². The average molecular weight is 331 g/mol. The van der Waals surface area contributed by atoms with Crippen molar-refractivity contribution in [3.05, 3.63) is 49.1 Å². The van der Waals surface area contributed by atoms with Gasteiger partial charge in [-0.15, -0.1) is 11.3 Å². The summed E-state index contributed by atoms with van der Waals surface area (Å²) in [5.41, 5.74) is 2.16. The molecule has 0 aliphatic heterocycles. The summed E-state index contributed by atoms with van der Waals surface area (Å²) < 4.78 is 1.18. The van der Waals surface area contributed by atoms with Crippen LogP contribution in [0.4, 0.5) is 5.69 Å². The van der Waals surface area contributed by atoms with Crippen molar-refractivity contribution >= 4 is 44.6 Å². The lowest BCUT2D eigenvalue weighted by atomic mass is 10.2. The van der Waals surface area contributed by atoms with E-state index in [1.807, 2.05) is 19.1 Å². The number of rotatable bonds is 3. The number of hydrogen-bond donors (Lipinski definition) is 1. The summed E-state index contributed by atoms with van der Waals surface area (Å²) in [6.07, 6.45) is 0. The minimum atomic E-state index is 0.804. The smallest absolute Gasteiger partial charge is 0.0494 e. The minimum Gasteiger partial charge on any atom is -0.380 e. The summed E-state index contributed by atoms with van der Waals surface area (Å²) in [6.45, 7) is 4.95. The van der Waals surface area contributed by atoms with E-state index in [4.69, 9.17) is 11.6 Å². The Hall–Kier alpha value is -0.510. The van der Waals surface area contributed by atoms with Crippen molar-refractivity contribution < 1.29 is 0 Å². The number of hydrogen-bond acceptors (Lipinski definition) is 2. The molecule has 2 rings (SSSR count). The number of anilines is 1. The van der Waals surface area contributed by atoms with Gasteiger partial charge in [0, 0.05) is 31.5 Å². The maximum absolute atomic E-state index is 6.08. The van der Waals surface area contributed by atoms with Gasteiger partial charge in [-0.05, 0) is 53.5 Å². The van der Waals surface area contributed by atoms with Crippen molar-refractivity contribution in [3.63, 3.8) is 0 Å². The number of thiophene rings is 1. The number of halogens is 2. The zero-order chi connectivity index (χ0) is 12.4. The van der Waals surface area contributed by atoms with E-state index < -0.39 is 0 Å². The summed E-state index contributed by atoms with van der Waals surface area (Å²) in [5, 5.41) is 4.18. The van der Waals surface area contributed by atoms with Crippen LogP contribution in [0.3, 0.4) is 0 Å². The summed E-state index contributed by atoms with van der Waals surface area (Å²) in [4.78, 5) is 2.62. The molecular weight excluding hydrogens is 318 g/mol. The third-order valence-corrected chi connectivity index (χ3v) is 5.09. The van der Waals surface area contributed by atoms with E-state index in [0.717, 1.165) is 22.8 Å². The second-order valence-corrected chi connectivity index (χ2v) is 6.54. The highest BCUT2D eigenvalue weighted by atomic mass is 79.9. The van der Waals surface area contributed by atoms with Gasteiger partial charge in [-0.25, -0.2) is 0 Å². The van der Waals surface area contributed by atoms with Gasteiger partial charge in [0.15, 0.2) is 0 Å². The molecule has 1 aromatic heterocycles. The standard InChI is InChI=1S/C13H13BrClNS/c1-8-3-4-10(5-13(8)15)16-7-11-6-12(14)9(2)17-11/h3-6,16H,7H2,1-2H3. The monoisotopic (exact) mass is 329 g/mol. The van der Waals surface area contributed by atoms with Crippen molar-refractivity contribution in [2.45, 2.75) is 20.4 Å². The molecule has 0 saturated heterocycles. The molecule has 0 spiro atoms. The number of nitrogens with one attached hydrogen (secondary N) is 1. The van der Waals surface area contributed by atoms with E-state index in [9.17, 15) is 0 Å². The van der Waals surface area contributed by atoms with Gasteiger partial charge in [0.1, 0.15) is 0 Å². The van der Waals surface area contributed by atoms with E-state index in [1.54, 1.807) is 11.3 Å². The van der Waals surface area contributed by atoms with Crippen molar-refractivity contribution in [2.75, 3.05) is 5.32 Å². The van der Waals surface area contributed by atoms with Gasteiger partial charge < -0.3 is 5.32 Å². The van der Waals surface area contributed by atoms with Crippen LogP contribution in [0.5, 0.6) is 0 Å². The molecule has 1 heterocycles. The Morgan fingerprint density at radius 3 is 2.65 bits per heavy atom. The molecule has 17 heavy (non-hydrogen) atoms. The molecule has 90 valence electrons. The Labute approximate surface area is 119 Å². The Balaban J connectivity index is 2.04. The fraction of sp³-hybridized carbons (Fsp3) is 0.231. The van der Waals surface area contributed by atoms with Crippen molar-refractivity contribution in [2.24, 2.45) is 0 Å². The van der Waals surface area contributed by atoms with Crippen LogP contribution in [0.15, 0.2) is 28.7 Å². The van der Waals surface area contributed by atoms with Crippen LogP contribution in [-0.2, 0) is 6.54 Å². The van der Waals surface area contributed by atoms with Crippen molar-refractivity contribution in [1.82, 2.24) is 0 Å². The van der Waals surface area contributed by atoms with Gasteiger partial charge in [-0.1, -0.05) is 17.7 Å². The minimum absolute atomic E-state index is 0.804. The molecule has 1 aromatic carbocycles. The Bertz CT molecular complexity index is 517. The lowest BCUT2D eigenvalue weighted by Gasteiger charge is -2.06. The first-order chi connectivity index (χ1) is 8.06. The van der Waals surface area contributed by atoms with Crippen LogP contribution in [-0.4, -0.2) is 0 Å². The fourth-order valence-corrected chi connectivity index (χ4v) is 3.22. The Morgan fingerprint density at radius 2 is 2.06 bits per heavy atom. The number of aryl methyl sites for hydroxylation is 2. The molecule has 0 atom stereocenters. The lowest BCUT2D eigenvalue weighted by Crippen LogP contribution is -1.97. The largest absolute Gasteiger partial charge is 0.380 e. The SMILES string of the molecule is Cc1ccc(NCc2cc(Br)c(C)s2)cc1Cl. The molecule has 0 bridgehead atoms. The van der Waals surface area contributed by atoms with Gasteiger partial charge in [0.2, 0.25) is 0 Å². The summed E-state index contributed by atoms with van der Waals surface area (Å²) in [5.74, 6) is 0. The van der Waals surface area contributed by atoms with Crippen LogP contribution >= 0.6 is 38.9 Å². The zero-order valence-electron chi connectivity index (χ0n) is 9.68. The van der Waals surface area contributed by atoms with Gasteiger partial charge in [0.25, 0.3) is 0 Å². The third-order valence-electron chi connectivity index (χ3n) is 2.55. The maximum Gasteiger partial charge on any atom is 0.0494 e. The van der Waals surface area contributed by atoms with Crippen LogP contribution in [0, 0.1) is 13.8 Å². The maximum atomic E-state index is 6.08. The first kappa shape index (κ1) is 12.9. The highest BCUT2D eigenvalue weighted by molar-refractivity contribution is 9.10. The Morgan fingerprint density at radius 1 is 1.29 bits per heavy atom. The van der Waals surface area contributed by atoms with Gasteiger partial charge in [-0.2, -0.15) is 0 Å². The average Bonchev–Trinajstić information content (AvgIpc) is 2.60. The molecule has 0 unspecified atom stereocenters. The van der Waals surface area contributed by atoms with Crippen LogP contribution in [0.2, 0.25) is 5.02 Å². The predicted molar refractivity (Wildman–Crippen MR) is 80.3 cm³/mol. The quantitative estimate of drug-likeness (QED) is 0.795. The highest BCUT2D eigenvalue weighted by Gasteiger charge is 2.03. The van der Waals surface area contributed by atoms with Crippen LogP contribution in [0.1, 0.15) is 15.3 Å². The molecule has 0 radical (unpaired) electrons.